The van der Waals surface area contributed by atoms with E-state index in [1.807, 2.05) is 18.2 Å². The molecule has 1 nitrogen and oxygen atoms in total. The van der Waals surface area contributed by atoms with Gasteiger partial charge in [0.2, 0.25) is 0 Å². The van der Waals surface area contributed by atoms with Crippen LogP contribution in [0, 0.1) is 0 Å². The number of benzene rings is 1. The first-order valence-electron chi connectivity index (χ1n) is 4.32. The fourth-order valence-electron chi connectivity index (χ4n) is 1.34. The highest BCUT2D eigenvalue weighted by Crippen LogP contribution is 2.21. The number of nitrogens with zero attached hydrogens (tertiary/aromatic N) is 1. The molecule has 0 fully saturated rings. The standard InChI is InChI=1S/C11H9Br2N/c12-10-6-7-11(13)14(10)8-9-4-2-1-3-5-9/h1-7H,8H2. The van der Waals surface area contributed by atoms with Gasteiger partial charge in [-0.2, -0.15) is 0 Å². The normalized spacial score (nSPS) is 10.4. The molecule has 0 unspecified atom stereocenters. The largest absolute Gasteiger partial charge is 0.326 e. The first kappa shape index (κ1) is 9.99. The molecular weight excluding hydrogens is 306 g/mol. The Bertz CT molecular complexity index is 401. The second kappa shape index (κ2) is 4.32. The van der Waals surface area contributed by atoms with Gasteiger partial charge in [0, 0.05) is 6.54 Å². The SMILES string of the molecule is Brc1ccc(Br)n1Cc1ccccc1. The summed E-state index contributed by atoms with van der Waals surface area (Å²) in [4.78, 5) is 0. The van der Waals surface area contributed by atoms with Crippen molar-refractivity contribution in [2.45, 2.75) is 6.54 Å². The summed E-state index contributed by atoms with van der Waals surface area (Å²) in [6.07, 6.45) is 0. The van der Waals surface area contributed by atoms with Crippen LogP contribution in [0.1, 0.15) is 5.56 Å². The van der Waals surface area contributed by atoms with Crippen LogP contribution in [0.4, 0.5) is 0 Å². The van der Waals surface area contributed by atoms with E-state index in [9.17, 15) is 0 Å². The van der Waals surface area contributed by atoms with Crippen molar-refractivity contribution in [3.63, 3.8) is 0 Å². The predicted molar refractivity (Wildman–Crippen MR) is 65.4 cm³/mol. The molecule has 2 rings (SSSR count). The Morgan fingerprint density at radius 1 is 0.857 bits per heavy atom. The zero-order valence-electron chi connectivity index (χ0n) is 7.45. The van der Waals surface area contributed by atoms with E-state index in [0.717, 1.165) is 15.8 Å². The van der Waals surface area contributed by atoms with Gasteiger partial charge in [-0.3, -0.25) is 0 Å². The Hall–Kier alpha value is -0.540. The molecule has 0 amide bonds. The van der Waals surface area contributed by atoms with Gasteiger partial charge in [0.25, 0.3) is 0 Å². The summed E-state index contributed by atoms with van der Waals surface area (Å²) in [7, 11) is 0. The molecule has 0 saturated heterocycles. The lowest BCUT2D eigenvalue weighted by Crippen LogP contribution is -1.99. The molecule has 1 heterocycles. The predicted octanol–water partition coefficient (Wildman–Crippen LogP) is 4.06. The Morgan fingerprint density at radius 3 is 2.00 bits per heavy atom. The molecule has 0 bridgehead atoms. The summed E-state index contributed by atoms with van der Waals surface area (Å²) in [6, 6.07) is 14.5. The molecule has 1 aromatic carbocycles. The highest BCUT2D eigenvalue weighted by Gasteiger charge is 2.03. The molecule has 0 aliphatic carbocycles. The summed E-state index contributed by atoms with van der Waals surface area (Å²) in [5, 5.41) is 0. The molecule has 14 heavy (non-hydrogen) atoms. The van der Waals surface area contributed by atoms with E-state index >= 15 is 0 Å². The van der Waals surface area contributed by atoms with E-state index in [2.05, 4.69) is 60.7 Å². The third-order valence-corrected chi connectivity index (χ3v) is 3.44. The fraction of sp³-hybridized carbons (Fsp3) is 0.0909. The Kier molecular flexibility index (Phi) is 3.08. The Morgan fingerprint density at radius 2 is 1.43 bits per heavy atom. The molecule has 2 aromatic rings. The van der Waals surface area contributed by atoms with Crippen molar-refractivity contribution in [2.24, 2.45) is 0 Å². The summed E-state index contributed by atoms with van der Waals surface area (Å²) in [5.41, 5.74) is 1.30. The van der Waals surface area contributed by atoms with Gasteiger partial charge in [0.05, 0.1) is 9.21 Å². The fourth-order valence-corrected chi connectivity index (χ4v) is 2.47. The number of rotatable bonds is 2. The van der Waals surface area contributed by atoms with Crippen LogP contribution in [0.5, 0.6) is 0 Å². The molecule has 0 aliphatic rings. The maximum Gasteiger partial charge on any atom is 0.0858 e. The van der Waals surface area contributed by atoms with Crippen LogP contribution in [0.2, 0.25) is 0 Å². The Labute approximate surface area is 100 Å². The molecule has 0 N–H and O–H groups in total. The van der Waals surface area contributed by atoms with Gasteiger partial charge in [-0.25, -0.2) is 0 Å². The average molecular weight is 315 g/mol. The minimum absolute atomic E-state index is 0.884. The van der Waals surface area contributed by atoms with Crippen LogP contribution in [-0.2, 0) is 6.54 Å². The van der Waals surface area contributed by atoms with Gasteiger partial charge in [-0.15, -0.1) is 0 Å². The van der Waals surface area contributed by atoms with Crippen LogP contribution in [0.3, 0.4) is 0 Å². The monoisotopic (exact) mass is 313 g/mol. The van der Waals surface area contributed by atoms with Gasteiger partial charge >= 0.3 is 0 Å². The van der Waals surface area contributed by atoms with E-state index in [-0.39, 0.29) is 0 Å². The van der Waals surface area contributed by atoms with Crippen LogP contribution in [0.15, 0.2) is 51.7 Å². The zero-order chi connectivity index (χ0) is 9.97. The van der Waals surface area contributed by atoms with Crippen molar-refractivity contribution in [2.75, 3.05) is 0 Å². The van der Waals surface area contributed by atoms with Gasteiger partial charge in [-0.1, -0.05) is 30.3 Å². The average Bonchev–Trinajstić information content (AvgIpc) is 2.51. The van der Waals surface area contributed by atoms with Crippen LogP contribution in [-0.4, -0.2) is 4.57 Å². The molecule has 1 aromatic heterocycles. The van der Waals surface area contributed by atoms with E-state index in [4.69, 9.17) is 0 Å². The number of halogens is 2. The lowest BCUT2D eigenvalue weighted by Gasteiger charge is -2.06. The van der Waals surface area contributed by atoms with Crippen molar-refractivity contribution >= 4 is 31.9 Å². The third-order valence-electron chi connectivity index (χ3n) is 2.06. The first-order valence-corrected chi connectivity index (χ1v) is 5.90. The summed E-state index contributed by atoms with van der Waals surface area (Å²) >= 11 is 7.02. The number of hydrogen-bond acceptors (Lipinski definition) is 0. The molecule has 0 saturated carbocycles. The minimum Gasteiger partial charge on any atom is -0.326 e. The lowest BCUT2D eigenvalue weighted by atomic mass is 10.2. The third kappa shape index (κ3) is 2.10. The summed E-state index contributed by atoms with van der Waals surface area (Å²) in [6.45, 7) is 0.884. The van der Waals surface area contributed by atoms with Gasteiger partial charge in [0.1, 0.15) is 0 Å². The Balaban J connectivity index is 2.27. The molecule has 0 radical (unpaired) electrons. The van der Waals surface area contributed by atoms with Crippen LogP contribution < -0.4 is 0 Å². The maximum absolute atomic E-state index is 3.51. The van der Waals surface area contributed by atoms with Crippen molar-refractivity contribution < 1.29 is 0 Å². The smallest absolute Gasteiger partial charge is 0.0858 e. The summed E-state index contributed by atoms with van der Waals surface area (Å²) in [5.74, 6) is 0. The maximum atomic E-state index is 3.51. The topological polar surface area (TPSA) is 4.93 Å². The second-order valence-corrected chi connectivity index (χ2v) is 4.68. The van der Waals surface area contributed by atoms with Crippen molar-refractivity contribution in [3.8, 4) is 0 Å². The van der Waals surface area contributed by atoms with Crippen molar-refractivity contribution in [1.82, 2.24) is 4.57 Å². The molecule has 0 aliphatic heterocycles. The highest BCUT2D eigenvalue weighted by molar-refractivity contribution is 9.11. The molecular formula is C11H9Br2N. The molecule has 72 valence electrons. The minimum atomic E-state index is 0.884. The van der Waals surface area contributed by atoms with E-state index in [0.29, 0.717) is 0 Å². The van der Waals surface area contributed by atoms with Crippen molar-refractivity contribution in [1.29, 1.82) is 0 Å². The quantitative estimate of drug-likeness (QED) is 0.787. The van der Waals surface area contributed by atoms with E-state index in [1.54, 1.807) is 0 Å². The first-order chi connectivity index (χ1) is 6.77. The van der Waals surface area contributed by atoms with E-state index in [1.165, 1.54) is 5.56 Å². The lowest BCUT2D eigenvalue weighted by molar-refractivity contribution is 0.769. The molecule has 0 spiro atoms. The van der Waals surface area contributed by atoms with E-state index < -0.39 is 0 Å². The van der Waals surface area contributed by atoms with Gasteiger partial charge in [0.15, 0.2) is 0 Å². The molecule has 0 atom stereocenters. The van der Waals surface area contributed by atoms with Crippen LogP contribution >= 0.6 is 31.9 Å². The highest BCUT2D eigenvalue weighted by atomic mass is 79.9. The zero-order valence-corrected chi connectivity index (χ0v) is 10.6. The number of hydrogen-bond donors (Lipinski definition) is 0. The number of aromatic nitrogens is 1. The van der Waals surface area contributed by atoms with Crippen molar-refractivity contribution in [3.05, 3.63) is 57.2 Å². The van der Waals surface area contributed by atoms with Gasteiger partial charge < -0.3 is 4.57 Å². The second-order valence-electron chi connectivity index (χ2n) is 3.05. The van der Waals surface area contributed by atoms with Gasteiger partial charge in [-0.05, 0) is 49.6 Å². The van der Waals surface area contributed by atoms with Crippen LogP contribution in [0.25, 0.3) is 0 Å². The molecule has 3 heteroatoms. The summed E-state index contributed by atoms with van der Waals surface area (Å²) < 4.78 is 4.34.